The van der Waals surface area contributed by atoms with E-state index in [1.54, 1.807) is 0 Å². The van der Waals surface area contributed by atoms with Gasteiger partial charge < -0.3 is 4.42 Å². The van der Waals surface area contributed by atoms with Crippen LogP contribution in [0.1, 0.15) is 11.5 Å². The predicted molar refractivity (Wildman–Crippen MR) is 81.3 cm³/mol. The van der Waals surface area contributed by atoms with E-state index in [9.17, 15) is 0 Å². The zero-order valence-electron chi connectivity index (χ0n) is 10.8. The molecule has 0 bridgehead atoms. The number of nitrogens with zero attached hydrogens (tertiary/aromatic N) is 2. The maximum absolute atomic E-state index is 5.70. The highest BCUT2D eigenvalue weighted by atomic mass is 79.9. The van der Waals surface area contributed by atoms with Crippen LogP contribution < -0.4 is 0 Å². The standard InChI is InChI=1S/C16H13BrN2O/c17-14-8-4-7-13(11-14)16-19-18-15(20-16)10-9-12-5-2-1-3-6-12/h1-8,11H,9-10H2. The van der Waals surface area contributed by atoms with Crippen molar-refractivity contribution in [2.45, 2.75) is 12.8 Å². The van der Waals surface area contributed by atoms with Crippen molar-refractivity contribution in [2.75, 3.05) is 0 Å². The van der Waals surface area contributed by atoms with E-state index in [1.807, 2.05) is 42.5 Å². The quantitative estimate of drug-likeness (QED) is 0.717. The highest BCUT2D eigenvalue weighted by Gasteiger charge is 2.08. The van der Waals surface area contributed by atoms with E-state index in [4.69, 9.17) is 4.42 Å². The van der Waals surface area contributed by atoms with Gasteiger partial charge >= 0.3 is 0 Å². The monoisotopic (exact) mass is 328 g/mol. The maximum Gasteiger partial charge on any atom is 0.247 e. The Labute approximate surface area is 125 Å². The first-order valence-electron chi connectivity index (χ1n) is 6.43. The molecule has 4 heteroatoms. The topological polar surface area (TPSA) is 38.9 Å². The van der Waals surface area contributed by atoms with Crippen molar-refractivity contribution in [3.8, 4) is 11.5 Å². The lowest BCUT2D eigenvalue weighted by Crippen LogP contribution is -1.90. The van der Waals surface area contributed by atoms with Crippen LogP contribution in [0.2, 0.25) is 0 Å². The summed E-state index contributed by atoms with van der Waals surface area (Å²) in [4.78, 5) is 0. The lowest BCUT2D eigenvalue weighted by Gasteiger charge is -1.97. The van der Waals surface area contributed by atoms with Crippen LogP contribution in [0.25, 0.3) is 11.5 Å². The summed E-state index contributed by atoms with van der Waals surface area (Å²) in [6, 6.07) is 18.1. The normalized spacial score (nSPS) is 10.7. The Morgan fingerprint density at radius 3 is 2.55 bits per heavy atom. The van der Waals surface area contributed by atoms with E-state index in [-0.39, 0.29) is 0 Å². The molecule has 0 radical (unpaired) electrons. The molecule has 0 aliphatic rings. The Balaban J connectivity index is 1.71. The number of benzene rings is 2. The van der Waals surface area contributed by atoms with Gasteiger partial charge in [-0.3, -0.25) is 0 Å². The van der Waals surface area contributed by atoms with Gasteiger partial charge in [-0.25, -0.2) is 0 Å². The predicted octanol–water partition coefficient (Wildman–Crippen LogP) is 4.28. The third kappa shape index (κ3) is 3.14. The summed E-state index contributed by atoms with van der Waals surface area (Å²) in [5, 5.41) is 8.21. The molecule has 1 heterocycles. The van der Waals surface area contributed by atoms with Crippen LogP contribution >= 0.6 is 15.9 Å². The SMILES string of the molecule is Brc1cccc(-c2nnc(CCc3ccccc3)o2)c1. The summed E-state index contributed by atoms with van der Waals surface area (Å²) in [5.41, 5.74) is 2.20. The van der Waals surface area contributed by atoms with Gasteiger partial charge in [0, 0.05) is 16.5 Å². The minimum absolute atomic E-state index is 0.564. The molecule has 0 aliphatic carbocycles. The zero-order chi connectivity index (χ0) is 13.8. The van der Waals surface area contributed by atoms with Crippen LogP contribution in [0.5, 0.6) is 0 Å². The molecule has 3 aromatic rings. The molecule has 20 heavy (non-hydrogen) atoms. The molecule has 3 nitrogen and oxygen atoms in total. The van der Waals surface area contributed by atoms with Gasteiger partial charge in [0.05, 0.1) is 0 Å². The molecule has 0 N–H and O–H groups in total. The number of hydrogen-bond donors (Lipinski definition) is 0. The molecule has 0 saturated carbocycles. The van der Waals surface area contributed by atoms with Crippen molar-refractivity contribution in [3.05, 3.63) is 70.5 Å². The van der Waals surface area contributed by atoms with Crippen LogP contribution in [0.3, 0.4) is 0 Å². The fourth-order valence-corrected chi connectivity index (χ4v) is 2.39. The highest BCUT2D eigenvalue weighted by Crippen LogP contribution is 2.22. The molecule has 1 aromatic heterocycles. The number of rotatable bonds is 4. The molecule has 0 fully saturated rings. The van der Waals surface area contributed by atoms with E-state index in [1.165, 1.54) is 5.56 Å². The first kappa shape index (κ1) is 13.1. The lowest BCUT2D eigenvalue weighted by molar-refractivity contribution is 0.504. The average molecular weight is 329 g/mol. The minimum Gasteiger partial charge on any atom is -0.421 e. The minimum atomic E-state index is 0.564. The maximum atomic E-state index is 5.70. The molecule has 0 amide bonds. The summed E-state index contributed by atoms with van der Waals surface area (Å²) in [6.45, 7) is 0. The molecule has 0 unspecified atom stereocenters. The fourth-order valence-electron chi connectivity index (χ4n) is 1.99. The Bertz CT molecular complexity index is 694. The van der Waals surface area contributed by atoms with Crippen molar-refractivity contribution >= 4 is 15.9 Å². The van der Waals surface area contributed by atoms with Gasteiger partial charge in [0.2, 0.25) is 11.8 Å². The molecule has 0 aliphatic heterocycles. The van der Waals surface area contributed by atoms with Gasteiger partial charge in [-0.1, -0.05) is 52.3 Å². The van der Waals surface area contributed by atoms with Crippen molar-refractivity contribution < 1.29 is 4.42 Å². The van der Waals surface area contributed by atoms with Crippen molar-refractivity contribution in [2.24, 2.45) is 0 Å². The molecular weight excluding hydrogens is 316 g/mol. The summed E-state index contributed by atoms with van der Waals surface area (Å²) in [7, 11) is 0. The summed E-state index contributed by atoms with van der Waals surface area (Å²) in [5.74, 6) is 1.23. The second-order valence-electron chi connectivity index (χ2n) is 4.50. The number of halogens is 1. The van der Waals surface area contributed by atoms with E-state index >= 15 is 0 Å². The molecule has 2 aromatic carbocycles. The molecule has 3 rings (SSSR count). The summed E-state index contributed by atoms with van der Waals surface area (Å²) < 4.78 is 6.70. The average Bonchev–Trinajstić information content (AvgIpc) is 2.95. The van der Waals surface area contributed by atoms with Crippen LogP contribution in [0, 0.1) is 0 Å². The van der Waals surface area contributed by atoms with Crippen LogP contribution in [-0.4, -0.2) is 10.2 Å². The number of aromatic nitrogens is 2. The van der Waals surface area contributed by atoms with E-state index in [0.717, 1.165) is 22.9 Å². The van der Waals surface area contributed by atoms with Crippen LogP contribution in [0.15, 0.2) is 63.5 Å². The van der Waals surface area contributed by atoms with Gasteiger partial charge in [0.1, 0.15) is 0 Å². The Morgan fingerprint density at radius 1 is 0.900 bits per heavy atom. The van der Waals surface area contributed by atoms with E-state index in [2.05, 4.69) is 38.3 Å². The zero-order valence-corrected chi connectivity index (χ0v) is 12.4. The van der Waals surface area contributed by atoms with Crippen molar-refractivity contribution in [3.63, 3.8) is 0 Å². The molecule has 0 saturated heterocycles. The van der Waals surface area contributed by atoms with Crippen LogP contribution in [0.4, 0.5) is 0 Å². The molecule has 100 valence electrons. The summed E-state index contributed by atoms with van der Waals surface area (Å²) in [6.07, 6.45) is 1.66. The first-order valence-corrected chi connectivity index (χ1v) is 7.23. The Morgan fingerprint density at radius 2 is 1.75 bits per heavy atom. The van der Waals surface area contributed by atoms with Gasteiger partial charge in [0.15, 0.2) is 0 Å². The third-order valence-electron chi connectivity index (χ3n) is 3.01. The van der Waals surface area contributed by atoms with Gasteiger partial charge in [-0.2, -0.15) is 0 Å². The van der Waals surface area contributed by atoms with Crippen molar-refractivity contribution in [1.82, 2.24) is 10.2 Å². The van der Waals surface area contributed by atoms with E-state index in [0.29, 0.717) is 11.8 Å². The first-order chi connectivity index (χ1) is 9.81. The summed E-state index contributed by atoms with van der Waals surface area (Å²) >= 11 is 3.44. The Hall–Kier alpha value is -1.94. The van der Waals surface area contributed by atoms with Crippen LogP contribution in [-0.2, 0) is 12.8 Å². The molecule has 0 spiro atoms. The largest absolute Gasteiger partial charge is 0.421 e. The molecule has 0 atom stereocenters. The smallest absolute Gasteiger partial charge is 0.247 e. The van der Waals surface area contributed by atoms with Gasteiger partial charge in [-0.15, -0.1) is 10.2 Å². The second-order valence-corrected chi connectivity index (χ2v) is 5.41. The van der Waals surface area contributed by atoms with Gasteiger partial charge in [0.25, 0.3) is 0 Å². The number of aryl methyl sites for hydroxylation is 2. The fraction of sp³-hybridized carbons (Fsp3) is 0.125. The van der Waals surface area contributed by atoms with Crippen molar-refractivity contribution in [1.29, 1.82) is 0 Å². The second kappa shape index (κ2) is 6.01. The Kier molecular flexibility index (Phi) is 3.92. The lowest BCUT2D eigenvalue weighted by atomic mass is 10.1. The highest BCUT2D eigenvalue weighted by molar-refractivity contribution is 9.10. The number of hydrogen-bond acceptors (Lipinski definition) is 3. The van der Waals surface area contributed by atoms with E-state index < -0.39 is 0 Å². The molecular formula is C16H13BrN2O. The van der Waals surface area contributed by atoms with Gasteiger partial charge in [-0.05, 0) is 30.2 Å². The third-order valence-corrected chi connectivity index (χ3v) is 3.50.